The highest BCUT2D eigenvalue weighted by Crippen LogP contribution is 2.28. The minimum absolute atomic E-state index is 0.0327. The van der Waals surface area contributed by atoms with Crippen molar-refractivity contribution in [3.8, 4) is 0 Å². The predicted octanol–water partition coefficient (Wildman–Crippen LogP) is 1.65. The Morgan fingerprint density at radius 3 is 2.20 bits per heavy atom. The summed E-state index contributed by atoms with van der Waals surface area (Å²) in [4.78, 5) is 21.7. The second-order valence-electron chi connectivity index (χ2n) is 4.82. The standard InChI is InChI=1S/C11H21NO3/c1-5-9(13)12-7-8(6-10(14)15)11(2,3)4/h8H,5-7H2,1-4H3,(H,12,13)(H,14,15). The van der Waals surface area contributed by atoms with Gasteiger partial charge in [0.15, 0.2) is 0 Å². The first-order valence-corrected chi connectivity index (χ1v) is 5.25. The van der Waals surface area contributed by atoms with Gasteiger partial charge in [0.1, 0.15) is 0 Å². The number of nitrogens with one attached hydrogen (secondary N) is 1. The van der Waals surface area contributed by atoms with E-state index in [0.29, 0.717) is 13.0 Å². The fraction of sp³-hybridized carbons (Fsp3) is 0.818. The molecule has 0 aromatic rings. The first kappa shape index (κ1) is 13.9. The van der Waals surface area contributed by atoms with E-state index >= 15 is 0 Å². The minimum Gasteiger partial charge on any atom is -0.481 e. The smallest absolute Gasteiger partial charge is 0.303 e. The summed E-state index contributed by atoms with van der Waals surface area (Å²) in [6.45, 7) is 8.16. The lowest BCUT2D eigenvalue weighted by molar-refractivity contribution is -0.139. The molecule has 0 aliphatic rings. The molecule has 2 N–H and O–H groups in total. The van der Waals surface area contributed by atoms with Crippen LogP contribution in [0.5, 0.6) is 0 Å². The van der Waals surface area contributed by atoms with Gasteiger partial charge >= 0.3 is 5.97 Å². The van der Waals surface area contributed by atoms with Crippen molar-refractivity contribution in [2.45, 2.75) is 40.5 Å². The van der Waals surface area contributed by atoms with E-state index in [4.69, 9.17) is 5.11 Å². The van der Waals surface area contributed by atoms with Crippen molar-refractivity contribution in [2.24, 2.45) is 11.3 Å². The Hall–Kier alpha value is -1.06. The summed E-state index contributed by atoms with van der Waals surface area (Å²) in [5.41, 5.74) is -0.112. The SMILES string of the molecule is CCC(=O)NCC(CC(=O)O)C(C)(C)C. The molecule has 88 valence electrons. The fourth-order valence-corrected chi connectivity index (χ4v) is 1.26. The number of aliphatic carboxylic acids is 1. The molecule has 0 heterocycles. The highest BCUT2D eigenvalue weighted by atomic mass is 16.4. The van der Waals surface area contributed by atoms with E-state index < -0.39 is 5.97 Å². The lowest BCUT2D eigenvalue weighted by Gasteiger charge is -2.29. The Bertz CT molecular complexity index is 230. The summed E-state index contributed by atoms with van der Waals surface area (Å²) in [5.74, 6) is -0.888. The van der Waals surface area contributed by atoms with Gasteiger partial charge in [0.25, 0.3) is 0 Å². The van der Waals surface area contributed by atoms with Crippen molar-refractivity contribution in [1.29, 1.82) is 0 Å². The van der Waals surface area contributed by atoms with E-state index in [1.807, 2.05) is 20.8 Å². The Morgan fingerprint density at radius 1 is 1.33 bits per heavy atom. The van der Waals surface area contributed by atoms with Gasteiger partial charge in [-0.25, -0.2) is 0 Å². The molecule has 1 unspecified atom stereocenters. The van der Waals surface area contributed by atoms with E-state index in [1.165, 1.54) is 0 Å². The molecule has 0 saturated carbocycles. The number of carbonyl (C=O) groups is 2. The lowest BCUT2D eigenvalue weighted by atomic mass is 9.78. The quantitative estimate of drug-likeness (QED) is 0.732. The van der Waals surface area contributed by atoms with Gasteiger partial charge < -0.3 is 10.4 Å². The number of rotatable bonds is 5. The van der Waals surface area contributed by atoms with E-state index in [0.717, 1.165) is 0 Å². The van der Waals surface area contributed by atoms with Crippen molar-refractivity contribution in [3.05, 3.63) is 0 Å². The maximum atomic E-state index is 11.1. The summed E-state index contributed by atoms with van der Waals surface area (Å²) >= 11 is 0. The second-order valence-corrected chi connectivity index (χ2v) is 4.82. The van der Waals surface area contributed by atoms with Crippen LogP contribution in [0.4, 0.5) is 0 Å². The molecule has 0 rings (SSSR count). The van der Waals surface area contributed by atoms with Crippen molar-refractivity contribution < 1.29 is 14.7 Å². The van der Waals surface area contributed by atoms with Crippen LogP contribution in [0.1, 0.15) is 40.5 Å². The first-order valence-electron chi connectivity index (χ1n) is 5.25. The highest BCUT2D eigenvalue weighted by Gasteiger charge is 2.26. The maximum Gasteiger partial charge on any atom is 0.303 e. The van der Waals surface area contributed by atoms with Gasteiger partial charge in [0.2, 0.25) is 5.91 Å². The molecule has 4 nitrogen and oxygen atoms in total. The Morgan fingerprint density at radius 2 is 1.87 bits per heavy atom. The first-order chi connectivity index (χ1) is 6.77. The van der Waals surface area contributed by atoms with E-state index in [9.17, 15) is 9.59 Å². The van der Waals surface area contributed by atoms with Crippen LogP contribution < -0.4 is 5.32 Å². The molecule has 1 amide bonds. The lowest BCUT2D eigenvalue weighted by Crippen LogP contribution is -2.36. The molecule has 0 aromatic heterocycles. The van der Waals surface area contributed by atoms with Crippen LogP contribution in [0.2, 0.25) is 0 Å². The summed E-state index contributed by atoms with van der Waals surface area (Å²) < 4.78 is 0. The van der Waals surface area contributed by atoms with E-state index in [1.54, 1.807) is 6.92 Å². The summed E-state index contributed by atoms with van der Waals surface area (Å²) in [6, 6.07) is 0. The second kappa shape index (κ2) is 5.73. The molecule has 0 saturated heterocycles. The topological polar surface area (TPSA) is 66.4 Å². The summed E-state index contributed by atoms with van der Waals surface area (Å²) in [5, 5.41) is 11.5. The predicted molar refractivity (Wildman–Crippen MR) is 58.5 cm³/mol. The third-order valence-electron chi connectivity index (χ3n) is 2.51. The zero-order chi connectivity index (χ0) is 12.1. The summed E-state index contributed by atoms with van der Waals surface area (Å²) in [7, 11) is 0. The molecule has 0 bridgehead atoms. The average Bonchev–Trinajstić information content (AvgIpc) is 2.09. The van der Waals surface area contributed by atoms with Crippen molar-refractivity contribution >= 4 is 11.9 Å². The van der Waals surface area contributed by atoms with Crippen LogP contribution in [0.15, 0.2) is 0 Å². The van der Waals surface area contributed by atoms with Crippen LogP contribution in [0.3, 0.4) is 0 Å². The van der Waals surface area contributed by atoms with Gasteiger partial charge in [0.05, 0.1) is 6.42 Å². The molecule has 15 heavy (non-hydrogen) atoms. The molecule has 1 atom stereocenters. The molecule has 4 heteroatoms. The molecule has 0 aliphatic carbocycles. The van der Waals surface area contributed by atoms with E-state index in [2.05, 4.69) is 5.32 Å². The summed E-state index contributed by atoms with van der Waals surface area (Å²) in [6.07, 6.45) is 0.525. The highest BCUT2D eigenvalue weighted by molar-refractivity contribution is 5.75. The van der Waals surface area contributed by atoms with Crippen molar-refractivity contribution in [2.75, 3.05) is 6.54 Å². The van der Waals surface area contributed by atoms with E-state index in [-0.39, 0.29) is 23.7 Å². The Kier molecular flexibility index (Phi) is 5.33. The van der Waals surface area contributed by atoms with Crippen LogP contribution in [0.25, 0.3) is 0 Å². The normalized spacial score (nSPS) is 13.3. The van der Waals surface area contributed by atoms with Gasteiger partial charge in [-0.2, -0.15) is 0 Å². The number of hydrogen-bond donors (Lipinski definition) is 2. The van der Waals surface area contributed by atoms with Crippen LogP contribution in [0, 0.1) is 11.3 Å². The Balaban J connectivity index is 4.26. The number of amides is 1. The van der Waals surface area contributed by atoms with Crippen LogP contribution in [-0.2, 0) is 9.59 Å². The van der Waals surface area contributed by atoms with Gasteiger partial charge in [-0.15, -0.1) is 0 Å². The van der Waals surface area contributed by atoms with Crippen LogP contribution in [-0.4, -0.2) is 23.5 Å². The molecule has 0 radical (unpaired) electrons. The monoisotopic (exact) mass is 215 g/mol. The third kappa shape index (κ3) is 6.10. The average molecular weight is 215 g/mol. The van der Waals surface area contributed by atoms with Crippen molar-refractivity contribution in [3.63, 3.8) is 0 Å². The minimum atomic E-state index is -0.819. The van der Waals surface area contributed by atoms with Gasteiger partial charge in [-0.3, -0.25) is 9.59 Å². The number of carbonyl (C=O) groups excluding carboxylic acids is 1. The van der Waals surface area contributed by atoms with Gasteiger partial charge in [-0.1, -0.05) is 27.7 Å². The van der Waals surface area contributed by atoms with Gasteiger partial charge in [-0.05, 0) is 11.3 Å². The number of hydrogen-bond acceptors (Lipinski definition) is 2. The van der Waals surface area contributed by atoms with Crippen molar-refractivity contribution in [1.82, 2.24) is 5.32 Å². The van der Waals surface area contributed by atoms with Gasteiger partial charge in [0, 0.05) is 13.0 Å². The number of carboxylic acids is 1. The third-order valence-corrected chi connectivity index (χ3v) is 2.51. The Labute approximate surface area is 91.1 Å². The number of carboxylic acid groups (broad SMARTS) is 1. The fourth-order valence-electron chi connectivity index (χ4n) is 1.26. The molecule has 0 aliphatic heterocycles. The molecule has 0 spiro atoms. The molecule has 0 aromatic carbocycles. The maximum absolute atomic E-state index is 11.1. The molecular formula is C11H21NO3. The zero-order valence-electron chi connectivity index (χ0n) is 9.96. The molecular weight excluding hydrogens is 194 g/mol. The zero-order valence-corrected chi connectivity index (χ0v) is 9.96. The van der Waals surface area contributed by atoms with Crippen LogP contribution >= 0.6 is 0 Å². The largest absolute Gasteiger partial charge is 0.481 e. The molecule has 0 fully saturated rings.